The van der Waals surface area contributed by atoms with Gasteiger partial charge in [0, 0.05) is 33.0 Å². The second-order valence-electron chi connectivity index (χ2n) is 13.6. The van der Waals surface area contributed by atoms with Crippen LogP contribution in [0.3, 0.4) is 0 Å². The predicted octanol–water partition coefficient (Wildman–Crippen LogP) is 4.16. The van der Waals surface area contributed by atoms with Crippen LogP contribution in [0.25, 0.3) is 44.6 Å². The van der Waals surface area contributed by atoms with Crippen LogP contribution in [0.1, 0.15) is 60.1 Å². The summed E-state index contributed by atoms with van der Waals surface area (Å²) >= 11 is 0. The number of fused-ring (bicyclic) bond motifs is 10. The highest BCUT2D eigenvalue weighted by Gasteiger charge is 2.46. The van der Waals surface area contributed by atoms with Crippen molar-refractivity contribution in [3.63, 3.8) is 0 Å². The second kappa shape index (κ2) is 11.3. The highest BCUT2D eigenvalue weighted by atomic mass is 16.6. The van der Waals surface area contributed by atoms with Gasteiger partial charge in [-0.2, -0.15) is 0 Å². The van der Waals surface area contributed by atoms with Gasteiger partial charge >= 0.3 is 11.9 Å². The molecule has 260 valence electrons. The molecule has 0 aliphatic carbocycles. The van der Waals surface area contributed by atoms with Crippen molar-refractivity contribution in [3.8, 4) is 22.8 Å². The van der Waals surface area contributed by atoms with Crippen LogP contribution in [0.4, 0.5) is 0 Å². The van der Waals surface area contributed by atoms with Gasteiger partial charge in [0.1, 0.15) is 13.2 Å². The molecule has 0 spiro atoms. The zero-order chi connectivity index (χ0) is 36.1. The van der Waals surface area contributed by atoms with Gasteiger partial charge in [-0.15, -0.1) is 0 Å². The highest BCUT2D eigenvalue weighted by molar-refractivity contribution is 5.88. The molecule has 2 atom stereocenters. The van der Waals surface area contributed by atoms with Crippen molar-refractivity contribution < 1.29 is 29.3 Å². The van der Waals surface area contributed by atoms with E-state index < -0.39 is 23.1 Å². The van der Waals surface area contributed by atoms with E-state index in [1.807, 2.05) is 60.7 Å². The van der Waals surface area contributed by atoms with Crippen LogP contribution in [0.15, 0.2) is 82.4 Å². The zero-order valence-corrected chi connectivity index (χ0v) is 28.3. The Morgan fingerprint density at radius 1 is 0.635 bits per heavy atom. The van der Waals surface area contributed by atoms with E-state index in [4.69, 9.17) is 19.4 Å². The Morgan fingerprint density at radius 3 is 1.44 bits per heavy atom. The first-order valence-corrected chi connectivity index (χ1v) is 17.2. The molecule has 0 amide bonds. The van der Waals surface area contributed by atoms with Crippen LogP contribution in [0, 0.1) is 0 Å². The first kappa shape index (κ1) is 32.0. The van der Waals surface area contributed by atoms with E-state index in [0.717, 1.165) is 44.3 Å². The van der Waals surface area contributed by atoms with Gasteiger partial charge in [-0.05, 0) is 49.2 Å². The van der Waals surface area contributed by atoms with Crippen molar-refractivity contribution in [1.82, 2.24) is 19.1 Å². The summed E-state index contributed by atoms with van der Waals surface area (Å²) in [5.41, 5.74) is 3.63. The highest BCUT2D eigenvalue weighted by Crippen LogP contribution is 2.40. The van der Waals surface area contributed by atoms with Gasteiger partial charge in [0.2, 0.25) is 0 Å². The summed E-state index contributed by atoms with van der Waals surface area (Å²) in [6.07, 6.45) is 0.277. The lowest BCUT2D eigenvalue weighted by Crippen LogP contribution is -2.44. The fraction of sp³-hybridized carbons (Fsp3) is 0.250. The topological polar surface area (TPSA) is 163 Å². The standard InChI is InChI=1S/2C20H16N2O4/c2*1-2-20(25)14-8-16-17-12(7-11-5-3-4-6-15(11)21-17)9-22(16)18(23)13(14)10-26-19(20)24/h2*3-8,25H,2,9-10H2,1H3. The third-order valence-electron chi connectivity index (χ3n) is 10.8. The number of ether oxygens (including phenoxy) is 2. The Hall–Kier alpha value is -5.98. The van der Waals surface area contributed by atoms with Crippen molar-refractivity contribution in [1.29, 1.82) is 0 Å². The number of carbonyl (C=O) groups excluding carboxylic acids is 2. The molecule has 52 heavy (non-hydrogen) atoms. The lowest BCUT2D eigenvalue weighted by Gasteiger charge is -2.31. The fourth-order valence-electron chi connectivity index (χ4n) is 7.85. The van der Waals surface area contributed by atoms with Gasteiger partial charge in [-0.1, -0.05) is 50.2 Å². The SMILES string of the molecule is CCC1(O)C(=O)OCc2c1cc1n(c2=O)Cc2cc3ccccc3nc2-1.CCC1(O)C(=O)OCc2c1cc1n(c2=O)Cc2cc3ccccc3nc2-1. The molecule has 0 radical (unpaired) electrons. The molecule has 0 fully saturated rings. The zero-order valence-electron chi connectivity index (χ0n) is 28.3. The van der Waals surface area contributed by atoms with Crippen molar-refractivity contribution in [2.24, 2.45) is 0 Å². The minimum absolute atomic E-state index is 0.110. The van der Waals surface area contributed by atoms with Gasteiger partial charge in [-0.25, -0.2) is 19.6 Å². The predicted molar refractivity (Wildman–Crippen MR) is 189 cm³/mol. The van der Waals surface area contributed by atoms with Gasteiger partial charge in [0.25, 0.3) is 11.1 Å². The van der Waals surface area contributed by atoms with Crippen molar-refractivity contribution >= 4 is 33.7 Å². The molecular formula is C40H32N4O8. The van der Waals surface area contributed by atoms with E-state index in [0.29, 0.717) is 46.7 Å². The van der Waals surface area contributed by atoms with Crippen LogP contribution in [-0.2, 0) is 56.6 Å². The molecule has 4 aliphatic rings. The molecule has 2 aromatic carbocycles. The molecule has 4 aromatic heterocycles. The third-order valence-corrected chi connectivity index (χ3v) is 10.8. The summed E-state index contributed by atoms with van der Waals surface area (Å²) in [7, 11) is 0. The minimum atomic E-state index is -1.79. The van der Waals surface area contributed by atoms with Gasteiger partial charge in [-0.3, -0.25) is 9.59 Å². The normalized spacial score (nSPS) is 20.5. The van der Waals surface area contributed by atoms with E-state index in [1.54, 1.807) is 35.1 Å². The lowest BCUT2D eigenvalue weighted by molar-refractivity contribution is -0.172. The maximum Gasteiger partial charge on any atom is 0.343 e. The Balaban J connectivity index is 0.000000138. The molecule has 0 bridgehead atoms. The Labute approximate surface area is 295 Å². The second-order valence-corrected chi connectivity index (χ2v) is 13.6. The number of aliphatic hydroxyl groups is 2. The number of carbonyl (C=O) groups is 2. The fourth-order valence-corrected chi connectivity index (χ4v) is 7.85. The maximum absolute atomic E-state index is 13.0. The molecule has 0 saturated carbocycles. The average Bonchev–Trinajstić information content (AvgIpc) is 3.71. The molecule has 10 rings (SSSR count). The van der Waals surface area contributed by atoms with E-state index in [2.05, 4.69) is 0 Å². The molecule has 4 aliphatic heterocycles. The number of hydrogen-bond donors (Lipinski definition) is 2. The van der Waals surface area contributed by atoms with Crippen LogP contribution < -0.4 is 11.1 Å². The summed E-state index contributed by atoms with van der Waals surface area (Å²) in [6, 6.07) is 23.1. The molecule has 6 aromatic rings. The molecule has 8 heterocycles. The number of nitrogens with zero attached hydrogens (tertiary/aromatic N) is 4. The van der Waals surface area contributed by atoms with Crippen LogP contribution in [-0.4, -0.2) is 41.3 Å². The summed E-state index contributed by atoms with van der Waals surface area (Å²) in [6.45, 7) is 4.02. The van der Waals surface area contributed by atoms with Crippen molar-refractivity contribution in [3.05, 3.63) is 127 Å². The third kappa shape index (κ3) is 4.40. The van der Waals surface area contributed by atoms with Crippen molar-refractivity contribution in [2.45, 2.75) is 64.2 Å². The van der Waals surface area contributed by atoms with Gasteiger partial charge in [0.05, 0.1) is 58.0 Å². The van der Waals surface area contributed by atoms with Crippen LogP contribution in [0.2, 0.25) is 0 Å². The van der Waals surface area contributed by atoms with Gasteiger partial charge < -0.3 is 28.8 Å². The molecule has 12 nitrogen and oxygen atoms in total. The average molecular weight is 697 g/mol. The Bertz CT molecular complexity index is 2510. The van der Waals surface area contributed by atoms with E-state index >= 15 is 0 Å². The molecule has 2 unspecified atom stereocenters. The molecule has 0 saturated heterocycles. The summed E-state index contributed by atoms with van der Waals surface area (Å²) in [5.74, 6) is -1.41. The quantitative estimate of drug-likeness (QED) is 0.251. The number of esters is 2. The summed E-state index contributed by atoms with van der Waals surface area (Å²) < 4.78 is 13.4. The minimum Gasteiger partial charge on any atom is -0.458 e. The maximum atomic E-state index is 13.0. The van der Waals surface area contributed by atoms with Crippen molar-refractivity contribution in [2.75, 3.05) is 0 Å². The first-order valence-electron chi connectivity index (χ1n) is 17.2. The number of hydrogen-bond acceptors (Lipinski definition) is 10. The molecular weight excluding hydrogens is 664 g/mol. The number of aromatic nitrogens is 4. The number of rotatable bonds is 2. The number of para-hydroxylation sites is 2. The number of pyridine rings is 4. The number of cyclic esters (lactones) is 2. The smallest absolute Gasteiger partial charge is 0.343 e. The lowest BCUT2D eigenvalue weighted by atomic mass is 9.86. The Kier molecular flexibility index (Phi) is 6.92. The van der Waals surface area contributed by atoms with E-state index in [9.17, 15) is 29.4 Å². The molecule has 2 N–H and O–H groups in total. The number of benzene rings is 2. The van der Waals surface area contributed by atoms with Crippen LogP contribution in [0.5, 0.6) is 0 Å². The molecule has 12 heteroatoms. The largest absolute Gasteiger partial charge is 0.458 e. The van der Waals surface area contributed by atoms with E-state index in [1.165, 1.54) is 0 Å². The summed E-state index contributed by atoms with van der Waals surface area (Å²) in [4.78, 5) is 59.8. The monoisotopic (exact) mass is 696 g/mol. The first-order chi connectivity index (χ1) is 25.1. The van der Waals surface area contributed by atoms with Crippen LogP contribution >= 0.6 is 0 Å². The Morgan fingerprint density at radius 2 is 1.04 bits per heavy atom. The van der Waals surface area contributed by atoms with Gasteiger partial charge in [0.15, 0.2) is 11.2 Å². The van der Waals surface area contributed by atoms with E-state index in [-0.39, 0.29) is 37.2 Å². The summed E-state index contributed by atoms with van der Waals surface area (Å²) in [5, 5.41) is 23.7.